The van der Waals surface area contributed by atoms with Crippen LogP contribution in [0.3, 0.4) is 0 Å². The first-order valence-electron chi connectivity index (χ1n) is 28.9. The van der Waals surface area contributed by atoms with Gasteiger partial charge in [0.2, 0.25) is 5.91 Å². The predicted octanol–water partition coefficient (Wildman–Crippen LogP) is 19.0. The molecule has 0 radical (unpaired) electrons. The van der Waals surface area contributed by atoms with E-state index in [2.05, 4.69) is 55.6 Å². The highest BCUT2D eigenvalue weighted by atomic mass is 16.3. The monoisotopic (exact) mass is 896 g/mol. The molecule has 64 heavy (non-hydrogen) atoms. The molecule has 376 valence electrons. The SMILES string of the molecule is CCCCCCCCCCC/C=C\C/C=C\CCCCCCCCCCCCCCCC(=O)NC(CO)C(O)/C=C/CC/C=C/CCCCCCCCCCCCCCCCCCC. The van der Waals surface area contributed by atoms with Crippen molar-refractivity contribution in [2.75, 3.05) is 6.61 Å². The Morgan fingerprint density at radius 1 is 0.375 bits per heavy atom. The van der Waals surface area contributed by atoms with E-state index >= 15 is 0 Å². The molecule has 0 aromatic carbocycles. The van der Waals surface area contributed by atoms with Gasteiger partial charge in [-0.15, -0.1) is 0 Å². The minimum atomic E-state index is -0.864. The standard InChI is InChI=1S/C60H113NO3/c1-3-5-7-9-11-13-15-17-19-21-23-25-27-28-29-30-31-32-34-36-38-40-42-44-46-48-50-52-54-56-60(64)61-58(57-62)59(63)55-53-51-49-47-45-43-41-39-37-35-33-26-24-22-20-18-16-14-12-10-8-6-4-2/h23,25,28-29,45,47,53,55,58-59,62-63H,3-22,24,26-27,30-44,46,48-52,54,56-57H2,1-2H3,(H,61,64)/b25-23-,29-28-,47-45+,55-53+. The smallest absolute Gasteiger partial charge is 0.220 e. The second-order valence-corrected chi connectivity index (χ2v) is 19.7. The Morgan fingerprint density at radius 3 is 1.00 bits per heavy atom. The van der Waals surface area contributed by atoms with E-state index in [9.17, 15) is 15.0 Å². The zero-order valence-electron chi connectivity index (χ0n) is 43.3. The Balaban J connectivity index is 3.52. The fourth-order valence-electron chi connectivity index (χ4n) is 8.87. The average Bonchev–Trinajstić information content (AvgIpc) is 3.30. The maximum Gasteiger partial charge on any atom is 0.220 e. The fraction of sp³-hybridized carbons (Fsp3) is 0.850. The topological polar surface area (TPSA) is 69.6 Å². The Hall–Kier alpha value is -1.65. The van der Waals surface area contributed by atoms with E-state index in [1.807, 2.05) is 6.08 Å². The summed E-state index contributed by atoms with van der Waals surface area (Å²) in [5.41, 5.74) is 0. The van der Waals surface area contributed by atoms with Crippen LogP contribution in [0.2, 0.25) is 0 Å². The lowest BCUT2D eigenvalue weighted by Crippen LogP contribution is -2.45. The van der Waals surface area contributed by atoms with Gasteiger partial charge in [0.05, 0.1) is 18.8 Å². The van der Waals surface area contributed by atoms with Crippen LogP contribution < -0.4 is 5.32 Å². The zero-order chi connectivity index (χ0) is 46.3. The molecular formula is C60H113NO3. The molecule has 3 N–H and O–H groups in total. The Labute approximate surface area is 401 Å². The van der Waals surface area contributed by atoms with Crippen LogP contribution in [0.5, 0.6) is 0 Å². The first-order chi connectivity index (χ1) is 31.7. The minimum absolute atomic E-state index is 0.0716. The number of unbranched alkanes of at least 4 members (excludes halogenated alkanes) is 40. The van der Waals surface area contributed by atoms with Crippen molar-refractivity contribution in [2.24, 2.45) is 0 Å². The molecule has 1 amide bonds. The van der Waals surface area contributed by atoms with Crippen molar-refractivity contribution in [3.05, 3.63) is 48.6 Å². The summed E-state index contributed by atoms with van der Waals surface area (Å²) in [6.45, 7) is 4.33. The normalized spacial score (nSPS) is 13.1. The highest BCUT2D eigenvalue weighted by Gasteiger charge is 2.18. The summed E-state index contributed by atoms with van der Waals surface area (Å²) < 4.78 is 0. The number of hydrogen-bond donors (Lipinski definition) is 3. The Morgan fingerprint density at radius 2 is 0.656 bits per heavy atom. The Kier molecular flexibility index (Phi) is 54.2. The van der Waals surface area contributed by atoms with Crippen molar-refractivity contribution in [1.29, 1.82) is 0 Å². The summed E-state index contributed by atoms with van der Waals surface area (Å²) >= 11 is 0. The predicted molar refractivity (Wildman–Crippen MR) is 285 cm³/mol. The molecule has 0 aliphatic carbocycles. The van der Waals surface area contributed by atoms with E-state index in [1.165, 1.54) is 250 Å². The summed E-state index contributed by atoms with van der Waals surface area (Å²) in [6, 6.07) is -0.641. The van der Waals surface area contributed by atoms with E-state index in [4.69, 9.17) is 0 Å². The number of aliphatic hydroxyl groups is 2. The molecule has 0 rings (SSSR count). The van der Waals surface area contributed by atoms with Crippen LogP contribution in [0, 0.1) is 0 Å². The zero-order valence-corrected chi connectivity index (χ0v) is 43.3. The maximum atomic E-state index is 12.5. The molecule has 0 aromatic rings. The van der Waals surface area contributed by atoms with Gasteiger partial charge in [-0.2, -0.15) is 0 Å². The largest absolute Gasteiger partial charge is 0.394 e. The second kappa shape index (κ2) is 55.7. The molecule has 4 nitrogen and oxygen atoms in total. The number of hydrogen-bond acceptors (Lipinski definition) is 3. The lowest BCUT2D eigenvalue weighted by molar-refractivity contribution is -0.123. The molecule has 0 aliphatic rings. The molecule has 0 heterocycles. The van der Waals surface area contributed by atoms with Gasteiger partial charge in [0, 0.05) is 6.42 Å². The second-order valence-electron chi connectivity index (χ2n) is 19.7. The van der Waals surface area contributed by atoms with Gasteiger partial charge in [-0.3, -0.25) is 4.79 Å². The van der Waals surface area contributed by atoms with E-state index in [1.54, 1.807) is 6.08 Å². The molecular weight excluding hydrogens is 783 g/mol. The third-order valence-corrected chi connectivity index (χ3v) is 13.3. The van der Waals surface area contributed by atoms with Gasteiger partial charge in [0.25, 0.3) is 0 Å². The molecule has 0 saturated carbocycles. The van der Waals surface area contributed by atoms with Crippen LogP contribution in [0.1, 0.15) is 309 Å². The molecule has 0 fully saturated rings. The van der Waals surface area contributed by atoms with Gasteiger partial charge >= 0.3 is 0 Å². The van der Waals surface area contributed by atoms with Gasteiger partial charge in [0.15, 0.2) is 0 Å². The highest BCUT2D eigenvalue weighted by molar-refractivity contribution is 5.76. The van der Waals surface area contributed by atoms with Crippen molar-refractivity contribution in [3.8, 4) is 0 Å². The maximum absolute atomic E-state index is 12.5. The molecule has 4 heteroatoms. The van der Waals surface area contributed by atoms with Gasteiger partial charge in [-0.25, -0.2) is 0 Å². The van der Waals surface area contributed by atoms with Crippen molar-refractivity contribution in [2.45, 2.75) is 321 Å². The molecule has 0 aromatic heterocycles. The lowest BCUT2D eigenvalue weighted by Gasteiger charge is -2.19. The number of aliphatic hydroxyl groups excluding tert-OH is 2. The van der Waals surface area contributed by atoms with Crippen LogP contribution in [0.25, 0.3) is 0 Å². The average molecular weight is 897 g/mol. The quantitative estimate of drug-likeness (QED) is 0.0421. The van der Waals surface area contributed by atoms with Crippen LogP contribution in [-0.4, -0.2) is 34.9 Å². The number of amides is 1. The number of nitrogens with one attached hydrogen (secondary N) is 1. The molecule has 0 aliphatic heterocycles. The van der Waals surface area contributed by atoms with Gasteiger partial charge in [-0.1, -0.05) is 287 Å². The first kappa shape index (κ1) is 62.4. The number of allylic oxidation sites excluding steroid dienone is 7. The van der Waals surface area contributed by atoms with E-state index in [-0.39, 0.29) is 12.5 Å². The number of carbonyl (C=O) groups excluding carboxylic acids is 1. The highest BCUT2D eigenvalue weighted by Crippen LogP contribution is 2.17. The molecule has 0 saturated heterocycles. The van der Waals surface area contributed by atoms with Crippen LogP contribution in [0.15, 0.2) is 48.6 Å². The number of carbonyl (C=O) groups is 1. The van der Waals surface area contributed by atoms with Crippen LogP contribution in [-0.2, 0) is 4.79 Å². The summed E-state index contributed by atoms with van der Waals surface area (Å²) in [6.07, 6.45) is 77.1. The molecule has 2 unspecified atom stereocenters. The first-order valence-corrected chi connectivity index (χ1v) is 28.9. The fourth-order valence-corrected chi connectivity index (χ4v) is 8.87. The molecule has 0 bridgehead atoms. The molecule has 2 atom stereocenters. The summed E-state index contributed by atoms with van der Waals surface area (Å²) in [4.78, 5) is 12.5. The van der Waals surface area contributed by atoms with Crippen LogP contribution in [0.4, 0.5) is 0 Å². The van der Waals surface area contributed by atoms with Crippen molar-refractivity contribution >= 4 is 5.91 Å². The summed E-state index contributed by atoms with van der Waals surface area (Å²) in [5.74, 6) is -0.0716. The van der Waals surface area contributed by atoms with Crippen molar-refractivity contribution in [1.82, 2.24) is 5.32 Å². The van der Waals surface area contributed by atoms with Crippen molar-refractivity contribution < 1.29 is 15.0 Å². The molecule has 0 spiro atoms. The summed E-state index contributed by atoms with van der Waals surface area (Å²) in [7, 11) is 0. The van der Waals surface area contributed by atoms with Gasteiger partial charge in [0.1, 0.15) is 0 Å². The summed E-state index contributed by atoms with van der Waals surface area (Å²) in [5, 5.41) is 23.2. The van der Waals surface area contributed by atoms with E-state index in [0.717, 1.165) is 38.5 Å². The minimum Gasteiger partial charge on any atom is -0.394 e. The van der Waals surface area contributed by atoms with Gasteiger partial charge in [-0.05, 0) is 64.2 Å². The van der Waals surface area contributed by atoms with E-state index in [0.29, 0.717) is 6.42 Å². The van der Waals surface area contributed by atoms with E-state index < -0.39 is 12.1 Å². The van der Waals surface area contributed by atoms with Crippen molar-refractivity contribution in [3.63, 3.8) is 0 Å². The van der Waals surface area contributed by atoms with Gasteiger partial charge < -0.3 is 15.5 Å². The third-order valence-electron chi connectivity index (χ3n) is 13.3. The Bertz CT molecular complexity index is 1020. The lowest BCUT2D eigenvalue weighted by atomic mass is 10.0. The van der Waals surface area contributed by atoms with Crippen LogP contribution >= 0.6 is 0 Å². The number of rotatable bonds is 53. The third kappa shape index (κ3) is 51.3.